The highest BCUT2D eigenvalue weighted by atomic mass is 19.4. The van der Waals surface area contributed by atoms with E-state index in [2.05, 4.69) is 10.3 Å². The van der Waals surface area contributed by atoms with Crippen molar-refractivity contribution in [3.05, 3.63) is 29.8 Å². The Labute approximate surface area is 73.3 Å². The van der Waals surface area contributed by atoms with Gasteiger partial charge >= 0.3 is 6.18 Å². The van der Waals surface area contributed by atoms with Crippen LogP contribution in [0.25, 0.3) is 0 Å². The second-order valence-corrected chi connectivity index (χ2v) is 2.38. The summed E-state index contributed by atoms with van der Waals surface area (Å²) in [6, 6.07) is 4.77. The third-order valence-corrected chi connectivity index (χ3v) is 1.41. The van der Waals surface area contributed by atoms with Crippen molar-refractivity contribution >= 4 is 5.69 Å². The molecule has 5 heteroatoms. The van der Waals surface area contributed by atoms with Crippen molar-refractivity contribution in [2.45, 2.75) is 6.18 Å². The Morgan fingerprint density at radius 3 is 2.54 bits per heavy atom. The number of anilines is 1. The monoisotopic (exact) mass is 191 g/mol. The van der Waals surface area contributed by atoms with Crippen molar-refractivity contribution in [1.82, 2.24) is 0 Å². The zero-order valence-electron chi connectivity index (χ0n) is 6.85. The van der Waals surface area contributed by atoms with E-state index in [1.807, 2.05) is 0 Å². The van der Waals surface area contributed by atoms with E-state index in [-0.39, 0.29) is 5.69 Å². The lowest BCUT2D eigenvalue weighted by Gasteiger charge is -2.08. The SMILES string of the molecule is CONc1cccc(C(F)(F)F)c1. The third kappa shape index (κ3) is 2.62. The average Bonchev–Trinajstić information content (AvgIpc) is 2.04. The average molecular weight is 191 g/mol. The van der Waals surface area contributed by atoms with Crippen molar-refractivity contribution < 1.29 is 18.0 Å². The summed E-state index contributed by atoms with van der Waals surface area (Å²) in [4.78, 5) is 4.48. The molecule has 0 unspecified atom stereocenters. The predicted molar refractivity (Wildman–Crippen MR) is 42.1 cm³/mol. The number of halogens is 3. The van der Waals surface area contributed by atoms with Crippen molar-refractivity contribution in [3.8, 4) is 0 Å². The smallest absolute Gasteiger partial charge is 0.279 e. The number of rotatable bonds is 2. The molecule has 0 amide bonds. The van der Waals surface area contributed by atoms with E-state index < -0.39 is 11.7 Å². The number of benzene rings is 1. The van der Waals surface area contributed by atoms with Crippen LogP contribution in [0, 0.1) is 0 Å². The molecule has 1 N–H and O–H groups in total. The minimum atomic E-state index is -4.31. The van der Waals surface area contributed by atoms with Crippen LogP contribution in [-0.4, -0.2) is 7.11 Å². The van der Waals surface area contributed by atoms with Crippen LogP contribution in [0.4, 0.5) is 18.9 Å². The van der Waals surface area contributed by atoms with Crippen LogP contribution in [-0.2, 0) is 11.0 Å². The molecule has 2 nitrogen and oxygen atoms in total. The molecule has 0 heterocycles. The van der Waals surface area contributed by atoms with Gasteiger partial charge < -0.3 is 0 Å². The molecule has 0 radical (unpaired) electrons. The summed E-state index contributed by atoms with van der Waals surface area (Å²) >= 11 is 0. The maximum atomic E-state index is 12.1. The minimum absolute atomic E-state index is 0.275. The maximum Gasteiger partial charge on any atom is 0.416 e. The lowest BCUT2D eigenvalue weighted by Crippen LogP contribution is -2.05. The zero-order chi connectivity index (χ0) is 9.90. The zero-order valence-corrected chi connectivity index (χ0v) is 6.85. The van der Waals surface area contributed by atoms with Crippen LogP contribution in [0.5, 0.6) is 0 Å². The van der Waals surface area contributed by atoms with E-state index in [1.165, 1.54) is 19.2 Å². The summed E-state index contributed by atoms with van der Waals surface area (Å²) < 4.78 is 36.4. The summed E-state index contributed by atoms with van der Waals surface area (Å²) in [5.74, 6) is 0. The lowest BCUT2D eigenvalue weighted by atomic mass is 10.2. The maximum absolute atomic E-state index is 12.1. The Morgan fingerprint density at radius 1 is 1.31 bits per heavy atom. The van der Waals surface area contributed by atoms with Crippen LogP contribution < -0.4 is 5.48 Å². The van der Waals surface area contributed by atoms with Gasteiger partial charge in [0.15, 0.2) is 0 Å². The summed E-state index contributed by atoms with van der Waals surface area (Å²) in [6.07, 6.45) is -4.31. The van der Waals surface area contributed by atoms with Crippen LogP contribution in [0.15, 0.2) is 24.3 Å². The third-order valence-electron chi connectivity index (χ3n) is 1.41. The molecule has 72 valence electrons. The fraction of sp³-hybridized carbons (Fsp3) is 0.250. The molecule has 0 saturated heterocycles. The number of alkyl halides is 3. The second-order valence-electron chi connectivity index (χ2n) is 2.38. The number of hydrogen-bond donors (Lipinski definition) is 1. The van der Waals surface area contributed by atoms with E-state index in [0.717, 1.165) is 12.1 Å². The van der Waals surface area contributed by atoms with Gasteiger partial charge in [-0.1, -0.05) is 6.07 Å². The molecule has 1 aromatic carbocycles. The van der Waals surface area contributed by atoms with Gasteiger partial charge in [-0.25, -0.2) is 0 Å². The molecular weight excluding hydrogens is 183 g/mol. The second kappa shape index (κ2) is 3.66. The van der Waals surface area contributed by atoms with Crippen molar-refractivity contribution in [3.63, 3.8) is 0 Å². The molecule has 0 aliphatic heterocycles. The Balaban J connectivity index is 2.92. The molecule has 0 aliphatic rings. The first-order valence-corrected chi connectivity index (χ1v) is 3.50. The van der Waals surface area contributed by atoms with Gasteiger partial charge in [0, 0.05) is 0 Å². The first-order chi connectivity index (χ1) is 6.04. The molecule has 1 rings (SSSR count). The Bertz CT molecular complexity index is 285. The van der Waals surface area contributed by atoms with E-state index >= 15 is 0 Å². The molecular formula is C8H8F3NO. The summed E-state index contributed by atoms with van der Waals surface area (Å²) in [6.45, 7) is 0. The summed E-state index contributed by atoms with van der Waals surface area (Å²) in [5.41, 5.74) is 1.90. The highest BCUT2D eigenvalue weighted by Crippen LogP contribution is 2.30. The van der Waals surface area contributed by atoms with Gasteiger partial charge in [-0.3, -0.25) is 10.3 Å². The van der Waals surface area contributed by atoms with E-state index in [0.29, 0.717) is 0 Å². The number of nitrogens with one attached hydrogen (secondary N) is 1. The highest BCUT2D eigenvalue weighted by Gasteiger charge is 2.30. The van der Waals surface area contributed by atoms with Crippen LogP contribution in [0.3, 0.4) is 0 Å². The van der Waals surface area contributed by atoms with E-state index in [4.69, 9.17) is 0 Å². The predicted octanol–water partition coefficient (Wildman–Crippen LogP) is 2.68. The highest BCUT2D eigenvalue weighted by molar-refractivity contribution is 5.44. The van der Waals surface area contributed by atoms with Gasteiger partial charge in [0.1, 0.15) is 0 Å². The van der Waals surface area contributed by atoms with Gasteiger partial charge in [-0.05, 0) is 18.2 Å². The van der Waals surface area contributed by atoms with E-state index in [1.54, 1.807) is 0 Å². The quantitative estimate of drug-likeness (QED) is 0.725. The minimum Gasteiger partial charge on any atom is -0.279 e. The molecule has 0 atom stereocenters. The van der Waals surface area contributed by atoms with Gasteiger partial charge in [0.2, 0.25) is 0 Å². The van der Waals surface area contributed by atoms with Crippen LogP contribution in [0.2, 0.25) is 0 Å². The van der Waals surface area contributed by atoms with Crippen LogP contribution in [0.1, 0.15) is 5.56 Å². The van der Waals surface area contributed by atoms with Gasteiger partial charge in [-0.15, -0.1) is 0 Å². The molecule has 0 aliphatic carbocycles. The molecule has 0 bridgehead atoms. The van der Waals surface area contributed by atoms with Gasteiger partial charge in [-0.2, -0.15) is 13.2 Å². The summed E-state index contributed by atoms with van der Waals surface area (Å²) in [7, 11) is 1.33. The fourth-order valence-corrected chi connectivity index (χ4v) is 0.877. The van der Waals surface area contributed by atoms with Crippen molar-refractivity contribution in [2.75, 3.05) is 12.6 Å². The number of hydrogen-bond acceptors (Lipinski definition) is 2. The fourth-order valence-electron chi connectivity index (χ4n) is 0.877. The molecule has 0 saturated carbocycles. The van der Waals surface area contributed by atoms with Crippen molar-refractivity contribution in [1.29, 1.82) is 0 Å². The van der Waals surface area contributed by atoms with Crippen molar-refractivity contribution in [2.24, 2.45) is 0 Å². The van der Waals surface area contributed by atoms with Gasteiger partial charge in [0.25, 0.3) is 0 Å². The first-order valence-electron chi connectivity index (χ1n) is 3.50. The molecule has 0 fully saturated rings. The largest absolute Gasteiger partial charge is 0.416 e. The Kier molecular flexibility index (Phi) is 2.77. The standard InChI is InChI=1S/C8H8F3NO/c1-13-12-7-4-2-3-6(5-7)8(9,10)11/h2-5,12H,1H3. The van der Waals surface area contributed by atoms with E-state index in [9.17, 15) is 13.2 Å². The first kappa shape index (κ1) is 9.85. The Morgan fingerprint density at radius 2 is 2.00 bits per heavy atom. The molecule has 0 aromatic heterocycles. The molecule has 0 spiro atoms. The summed E-state index contributed by atoms with van der Waals surface area (Å²) in [5, 5.41) is 0. The lowest BCUT2D eigenvalue weighted by molar-refractivity contribution is -0.137. The Hall–Kier alpha value is -1.23. The topological polar surface area (TPSA) is 21.3 Å². The van der Waals surface area contributed by atoms with Gasteiger partial charge in [0.05, 0.1) is 18.4 Å². The molecule has 1 aromatic rings. The normalized spacial score (nSPS) is 11.4. The molecule has 13 heavy (non-hydrogen) atoms. The van der Waals surface area contributed by atoms with Crippen LogP contribution >= 0.6 is 0 Å².